The third kappa shape index (κ3) is 12.0. The predicted octanol–water partition coefficient (Wildman–Crippen LogP) is 8.40. The molecule has 0 N–H and O–H groups in total. The van der Waals surface area contributed by atoms with Crippen molar-refractivity contribution in [3.8, 4) is 0 Å². The van der Waals surface area contributed by atoms with Gasteiger partial charge in [0.1, 0.15) is 0 Å². The number of aryl methyl sites for hydroxylation is 1. The van der Waals surface area contributed by atoms with Gasteiger partial charge in [-0.15, -0.1) is 0 Å². The summed E-state index contributed by atoms with van der Waals surface area (Å²) in [5.41, 5.74) is 1.03. The average Bonchev–Trinajstić information content (AvgIpc) is 2.71. The van der Waals surface area contributed by atoms with Gasteiger partial charge in [-0.3, -0.25) is 4.18 Å². The lowest BCUT2D eigenvalue weighted by Gasteiger charge is -2.39. The Morgan fingerprint density at radius 1 is 0.848 bits per heavy atom. The Bertz CT molecular complexity index is 751. The molecule has 0 spiro atoms. The summed E-state index contributed by atoms with van der Waals surface area (Å²) in [5.74, 6) is 0. The van der Waals surface area contributed by atoms with Crippen LogP contribution in [0.5, 0.6) is 0 Å². The van der Waals surface area contributed by atoms with E-state index in [2.05, 4.69) is 40.8 Å². The predicted molar refractivity (Wildman–Crippen MR) is 143 cm³/mol. The fraction of sp³-hybridized carbons (Fsp3) is 0.778. The SMILES string of the molecule is CCCCCCCCCCC[C@@H](CCOS(=O)(=O)c1ccc(C)cc1)O[Si](C)(C)C(C)(C)C. The zero-order chi connectivity index (χ0) is 25.0. The molecule has 0 aliphatic rings. The van der Waals surface area contributed by atoms with Crippen molar-refractivity contribution in [2.24, 2.45) is 0 Å². The van der Waals surface area contributed by atoms with E-state index in [1.807, 2.05) is 6.92 Å². The van der Waals surface area contributed by atoms with E-state index in [9.17, 15) is 8.42 Å². The fourth-order valence-corrected chi connectivity index (χ4v) is 5.94. The van der Waals surface area contributed by atoms with E-state index in [1.54, 1.807) is 24.3 Å². The molecule has 192 valence electrons. The maximum Gasteiger partial charge on any atom is 0.296 e. The standard InChI is InChI=1S/C27H50O4SSi/c1-8-9-10-11-12-13-14-15-16-17-25(31-33(6,7)27(3,4)5)22-23-30-32(28,29)26-20-18-24(2)19-21-26/h18-21,25H,8-17,22-23H2,1-7H3/t25-/m0/s1. The Kier molecular flexibility index (Phi) is 13.5. The molecule has 0 amide bonds. The van der Waals surface area contributed by atoms with Crippen LogP contribution in [0, 0.1) is 6.92 Å². The molecule has 0 heterocycles. The summed E-state index contributed by atoms with van der Waals surface area (Å²) in [6.45, 7) is 15.6. The second-order valence-corrected chi connectivity index (χ2v) is 17.4. The molecule has 0 saturated heterocycles. The largest absolute Gasteiger partial charge is 0.414 e. The number of unbranched alkanes of at least 4 members (excludes halogenated alkanes) is 8. The van der Waals surface area contributed by atoms with Gasteiger partial charge in [-0.25, -0.2) is 0 Å². The van der Waals surface area contributed by atoms with Crippen molar-refractivity contribution in [2.75, 3.05) is 6.61 Å². The minimum absolute atomic E-state index is 0.0451. The van der Waals surface area contributed by atoms with Crippen LogP contribution < -0.4 is 0 Å². The summed E-state index contributed by atoms with van der Waals surface area (Å²) < 4.78 is 37.1. The van der Waals surface area contributed by atoms with Crippen LogP contribution in [0.1, 0.15) is 104 Å². The molecule has 0 aromatic heterocycles. The molecule has 1 aromatic rings. The van der Waals surface area contributed by atoms with Crippen LogP contribution in [0.4, 0.5) is 0 Å². The number of benzene rings is 1. The molecule has 0 aliphatic heterocycles. The quantitative estimate of drug-likeness (QED) is 0.123. The zero-order valence-electron chi connectivity index (χ0n) is 22.4. The van der Waals surface area contributed by atoms with Crippen molar-refractivity contribution in [3.05, 3.63) is 29.8 Å². The highest BCUT2D eigenvalue weighted by Crippen LogP contribution is 2.38. The van der Waals surface area contributed by atoms with E-state index in [0.29, 0.717) is 6.42 Å². The van der Waals surface area contributed by atoms with Gasteiger partial charge in [-0.05, 0) is 50.0 Å². The maximum atomic E-state index is 12.5. The van der Waals surface area contributed by atoms with Crippen LogP contribution in [-0.4, -0.2) is 29.4 Å². The molecule has 0 radical (unpaired) electrons. The molecule has 1 atom stereocenters. The second-order valence-electron chi connectivity index (χ2n) is 11.0. The minimum Gasteiger partial charge on any atom is -0.414 e. The highest BCUT2D eigenvalue weighted by Gasteiger charge is 2.39. The Morgan fingerprint density at radius 3 is 1.88 bits per heavy atom. The normalized spacial score (nSPS) is 13.9. The van der Waals surface area contributed by atoms with Crippen LogP contribution in [-0.2, 0) is 18.7 Å². The van der Waals surface area contributed by atoms with Crippen molar-refractivity contribution in [2.45, 2.75) is 134 Å². The van der Waals surface area contributed by atoms with Crippen LogP contribution in [0.3, 0.4) is 0 Å². The molecule has 0 saturated carbocycles. The smallest absolute Gasteiger partial charge is 0.296 e. The summed E-state index contributed by atoms with van der Waals surface area (Å²) >= 11 is 0. The highest BCUT2D eigenvalue weighted by atomic mass is 32.2. The lowest BCUT2D eigenvalue weighted by Crippen LogP contribution is -2.44. The number of rotatable bonds is 17. The molecule has 1 aromatic carbocycles. The van der Waals surface area contributed by atoms with Crippen molar-refractivity contribution in [1.29, 1.82) is 0 Å². The summed E-state index contributed by atoms with van der Waals surface area (Å²) in [5, 5.41) is 0.124. The van der Waals surface area contributed by atoms with Gasteiger partial charge < -0.3 is 4.43 Å². The Hall–Kier alpha value is -0.693. The fourth-order valence-electron chi connectivity index (χ4n) is 3.60. The third-order valence-corrected chi connectivity index (χ3v) is 12.7. The monoisotopic (exact) mass is 498 g/mol. The van der Waals surface area contributed by atoms with E-state index in [0.717, 1.165) is 18.4 Å². The first-order valence-corrected chi connectivity index (χ1v) is 17.3. The van der Waals surface area contributed by atoms with Gasteiger partial charge in [0.25, 0.3) is 10.1 Å². The molecule has 0 aliphatic carbocycles. The Balaban J connectivity index is 2.55. The van der Waals surface area contributed by atoms with Gasteiger partial charge in [-0.2, -0.15) is 8.42 Å². The van der Waals surface area contributed by atoms with Crippen LogP contribution in [0.15, 0.2) is 29.2 Å². The molecular formula is C27H50O4SSi. The summed E-state index contributed by atoms with van der Waals surface area (Å²) in [7, 11) is -5.66. The average molecular weight is 499 g/mol. The lowest BCUT2D eigenvalue weighted by atomic mass is 10.0. The van der Waals surface area contributed by atoms with E-state index < -0.39 is 18.4 Å². The molecule has 4 nitrogen and oxygen atoms in total. The summed E-state index contributed by atoms with van der Waals surface area (Å²) in [6, 6.07) is 6.81. The molecule has 0 unspecified atom stereocenters. The number of hydrogen-bond donors (Lipinski definition) is 0. The van der Waals surface area contributed by atoms with E-state index >= 15 is 0 Å². The van der Waals surface area contributed by atoms with Crippen molar-refractivity contribution >= 4 is 18.4 Å². The molecular weight excluding hydrogens is 448 g/mol. The van der Waals surface area contributed by atoms with E-state index in [-0.39, 0.29) is 22.6 Å². The minimum atomic E-state index is -3.73. The first-order chi connectivity index (χ1) is 15.4. The van der Waals surface area contributed by atoms with Gasteiger partial charge in [0.15, 0.2) is 8.32 Å². The highest BCUT2D eigenvalue weighted by molar-refractivity contribution is 7.86. The topological polar surface area (TPSA) is 52.6 Å². The van der Waals surface area contributed by atoms with Crippen LogP contribution >= 0.6 is 0 Å². The summed E-state index contributed by atoms with van der Waals surface area (Å²) in [6.07, 6.45) is 13.3. The van der Waals surface area contributed by atoms with Crippen LogP contribution in [0.25, 0.3) is 0 Å². The van der Waals surface area contributed by atoms with Gasteiger partial charge in [0, 0.05) is 6.10 Å². The van der Waals surface area contributed by atoms with Crippen molar-refractivity contribution < 1.29 is 17.0 Å². The van der Waals surface area contributed by atoms with Crippen LogP contribution in [0.2, 0.25) is 18.1 Å². The van der Waals surface area contributed by atoms with Gasteiger partial charge in [-0.1, -0.05) is 103 Å². The zero-order valence-corrected chi connectivity index (χ0v) is 24.2. The van der Waals surface area contributed by atoms with Gasteiger partial charge >= 0.3 is 0 Å². The van der Waals surface area contributed by atoms with Crippen molar-refractivity contribution in [1.82, 2.24) is 0 Å². The molecule has 6 heteroatoms. The summed E-state index contributed by atoms with van der Waals surface area (Å²) in [4.78, 5) is 0.217. The Morgan fingerprint density at radius 2 is 1.36 bits per heavy atom. The third-order valence-electron chi connectivity index (χ3n) is 6.89. The number of hydrogen-bond acceptors (Lipinski definition) is 4. The molecule has 0 fully saturated rings. The molecule has 0 bridgehead atoms. The van der Waals surface area contributed by atoms with E-state index in [1.165, 1.54) is 51.4 Å². The lowest BCUT2D eigenvalue weighted by molar-refractivity contribution is 0.136. The van der Waals surface area contributed by atoms with Gasteiger partial charge in [0.2, 0.25) is 0 Å². The maximum absolute atomic E-state index is 12.5. The first-order valence-electron chi connectivity index (χ1n) is 13.0. The van der Waals surface area contributed by atoms with E-state index in [4.69, 9.17) is 8.61 Å². The molecule has 33 heavy (non-hydrogen) atoms. The van der Waals surface area contributed by atoms with Gasteiger partial charge in [0.05, 0.1) is 11.5 Å². The first kappa shape index (κ1) is 30.3. The van der Waals surface area contributed by atoms with Crippen molar-refractivity contribution in [3.63, 3.8) is 0 Å². The Labute approximate surface area is 206 Å². The second kappa shape index (κ2) is 14.6. The molecule has 1 rings (SSSR count).